The molecule has 0 aromatic heterocycles. The van der Waals surface area contributed by atoms with Crippen molar-refractivity contribution in [3.8, 4) is 0 Å². The Kier molecular flexibility index (Phi) is 12.1. The third-order valence-electron chi connectivity index (χ3n) is 3.85. The van der Waals surface area contributed by atoms with Gasteiger partial charge in [0.05, 0.1) is 6.04 Å². The average Bonchev–Trinajstić information content (AvgIpc) is 2.64. The monoisotopic (exact) mass is 432 g/mol. The third kappa shape index (κ3) is 12.1. The SMILES string of the molecule is NC(N)=NCCCC(N)C(=O)NC(CCC(=O)O)C(=O)NC(CCC(=O)O)C(=O)O. The Balaban J connectivity index is 5.01. The number of aliphatic carboxylic acids is 3. The fourth-order valence-corrected chi connectivity index (χ4v) is 2.26. The number of nitrogens with zero attached hydrogens (tertiary/aromatic N) is 1. The first kappa shape index (κ1) is 26.6. The van der Waals surface area contributed by atoms with E-state index < -0.39 is 60.7 Å². The van der Waals surface area contributed by atoms with Crippen molar-refractivity contribution in [2.24, 2.45) is 22.2 Å². The summed E-state index contributed by atoms with van der Waals surface area (Å²) < 4.78 is 0. The van der Waals surface area contributed by atoms with Gasteiger partial charge in [0, 0.05) is 19.4 Å². The molecule has 0 heterocycles. The van der Waals surface area contributed by atoms with Gasteiger partial charge < -0.3 is 43.2 Å². The molecule has 0 aromatic carbocycles. The Morgan fingerprint density at radius 3 is 1.77 bits per heavy atom. The van der Waals surface area contributed by atoms with Crippen molar-refractivity contribution >= 4 is 35.7 Å². The van der Waals surface area contributed by atoms with Crippen LogP contribution in [-0.4, -0.2) is 75.7 Å². The lowest BCUT2D eigenvalue weighted by Gasteiger charge is -2.22. The Hall–Kier alpha value is -3.42. The van der Waals surface area contributed by atoms with E-state index in [0.29, 0.717) is 6.42 Å². The second-order valence-electron chi connectivity index (χ2n) is 6.38. The van der Waals surface area contributed by atoms with E-state index in [9.17, 15) is 24.0 Å². The molecule has 14 nitrogen and oxygen atoms in total. The highest BCUT2D eigenvalue weighted by molar-refractivity contribution is 5.92. The molecule has 30 heavy (non-hydrogen) atoms. The predicted molar refractivity (Wildman–Crippen MR) is 103 cm³/mol. The molecular weight excluding hydrogens is 404 g/mol. The number of carboxylic acids is 3. The van der Waals surface area contributed by atoms with Crippen LogP contribution in [0.1, 0.15) is 38.5 Å². The lowest BCUT2D eigenvalue weighted by Crippen LogP contribution is -2.54. The summed E-state index contributed by atoms with van der Waals surface area (Å²) in [5.41, 5.74) is 16.1. The molecular formula is C16H28N6O8. The quantitative estimate of drug-likeness (QED) is 0.0741. The molecule has 0 aliphatic carbocycles. The first-order valence-electron chi connectivity index (χ1n) is 9.02. The molecule has 11 N–H and O–H groups in total. The lowest BCUT2D eigenvalue weighted by molar-refractivity contribution is -0.144. The molecule has 0 rings (SSSR count). The molecule has 0 radical (unpaired) electrons. The first-order chi connectivity index (χ1) is 13.9. The number of hydrogen-bond donors (Lipinski definition) is 8. The Labute approximate surface area is 171 Å². The summed E-state index contributed by atoms with van der Waals surface area (Å²) in [5, 5.41) is 31.0. The Morgan fingerprint density at radius 2 is 1.30 bits per heavy atom. The number of aliphatic imine (C=N–C) groups is 1. The van der Waals surface area contributed by atoms with Gasteiger partial charge in [-0.05, 0) is 25.7 Å². The van der Waals surface area contributed by atoms with E-state index in [2.05, 4.69) is 15.6 Å². The van der Waals surface area contributed by atoms with E-state index in [1.165, 1.54) is 0 Å². The van der Waals surface area contributed by atoms with E-state index in [1.54, 1.807) is 0 Å². The minimum absolute atomic E-state index is 0.116. The van der Waals surface area contributed by atoms with Crippen molar-refractivity contribution in [3.05, 3.63) is 0 Å². The zero-order valence-corrected chi connectivity index (χ0v) is 16.2. The highest BCUT2D eigenvalue weighted by Gasteiger charge is 2.28. The van der Waals surface area contributed by atoms with Gasteiger partial charge in [0.2, 0.25) is 11.8 Å². The number of nitrogens with one attached hydrogen (secondary N) is 2. The normalized spacial score (nSPS) is 13.4. The van der Waals surface area contributed by atoms with Crippen molar-refractivity contribution in [2.75, 3.05) is 6.54 Å². The van der Waals surface area contributed by atoms with Gasteiger partial charge >= 0.3 is 17.9 Å². The Bertz CT molecular complexity index is 664. The highest BCUT2D eigenvalue weighted by atomic mass is 16.4. The second kappa shape index (κ2) is 13.7. The van der Waals surface area contributed by atoms with E-state index in [1.807, 2.05) is 0 Å². The van der Waals surface area contributed by atoms with Gasteiger partial charge in [-0.25, -0.2) is 4.79 Å². The lowest BCUT2D eigenvalue weighted by atomic mass is 10.1. The van der Waals surface area contributed by atoms with Gasteiger partial charge in [-0.2, -0.15) is 0 Å². The van der Waals surface area contributed by atoms with Crippen LogP contribution in [0.3, 0.4) is 0 Å². The average molecular weight is 432 g/mol. The van der Waals surface area contributed by atoms with Gasteiger partial charge in [-0.1, -0.05) is 0 Å². The molecule has 0 bridgehead atoms. The number of amides is 2. The number of rotatable bonds is 15. The third-order valence-corrected chi connectivity index (χ3v) is 3.85. The number of hydrogen-bond acceptors (Lipinski definition) is 7. The fraction of sp³-hybridized carbons (Fsp3) is 0.625. The molecule has 3 unspecified atom stereocenters. The summed E-state index contributed by atoms with van der Waals surface area (Å²) in [4.78, 5) is 61.0. The van der Waals surface area contributed by atoms with Gasteiger partial charge in [0.25, 0.3) is 0 Å². The molecule has 14 heteroatoms. The molecule has 2 amide bonds. The van der Waals surface area contributed by atoms with E-state index in [4.69, 9.17) is 32.5 Å². The fourth-order valence-electron chi connectivity index (χ4n) is 2.26. The van der Waals surface area contributed by atoms with E-state index in [-0.39, 0.29) is 31.8 Å². The van der Waals surface area contributed by atoms with E-state index in [0.717, 1.165) is 0 Å². The van der Waals surface area contributed by atoms with Gasteiger partial charge in [0.15, 0.2) is 5.96 Å². The van der Waals surface area contributed by atoms with Gasteiger partial charge in [0.1, 0.15) is 12.1 Å². The van der Waals surface area contributed by atoms with E-state index >= 15 is 0 Å². The zero-order chi connectivity index (χ0) is 23.3. The van der Waals surface area contributed by atoms with Crippen molar-refractivity contribution in [1.82, 2.24) is 10.6 Å². The van der Waals surface area contributed by atoms with Crippen LogP contribution in [-0.2, 0) is 24.0 Å². The minimum Gasteiger partial charge on any atom is -0.481 e. The summed E-state index contributed by atoms with van der Waals surface area (Å²) in [6, 6.07) is -3.93. The molecule has 170 valence electrons. The second-order valence-corrected chi connectivity index (χ2v) is 6.38. The zero-order valence-electron chi connectivity index (χ0n) is 16.2. The smallest absolute Gasteiger partial charge is 0.326 e. The van der Waals surface area contributed by atoms with Crippen molar-refractivity contribution in [1.29, 1.82) is 0 Å². The van der Waals surface area contributed by atoms with Crippen LogP contribution in [0, 0.1) is 0 Å². The molecule has 0 saturated heterocycles. The summed E-state index contributed by atoms with van der Waals surface area (Å²) in [6.45, 7) is 0.232. The summed E-state index contributed by atoms with van der Waals surface area (Å²) in [5.74, 6) is -5.78. The van der Waals surface area contributed by atoms with Crippen LogP contribution in [0.5, 0.6) is 0 Å². The maximum absolute atomic E-state index is 12.4. The predicted octanol–water partition coefficient (Wildman–Crippen LogP) is -2.85. The van der Waals surface area contributed by atoms with Crippen molar-refractivity contribution < 1.29 is 39.3 Å². The number of guanidine groups is 1. The highest BCUT2D eigenvalue weighted by Crippen LogP contribution is 2.04. The van der Waals surface area contributed by atoms with Crippen LogP contribution >= 0.6 is 0 Å². The van der Waals surface area contributed by atoms with Crippen molar-refractivity contribution in [2.45, 2.75) is 56.7 Å². The van der Waals surface area contributed by atoms with Crippen LogP contribution in [0.2, 0.25) is 0 Å². The molecule has 3 atom stereocenters. The van der Waals surface area contributed by atoms with Crippen LogP contribution < -0.4 is 27.8 Å². The summed E-state index contributed by atoms with van der Waals surface area (Å²) >= 11 is 0. The number of carbonyl (C=O) groups is 5. The molecule has 0 spiro atoms. The van der Waals surface area contributed by atoms with Gasteiger partial charge in [-0.3, -0.25) is 24.2 Å². The van der Waals surface area contributed by atoms with Gasteiger partial charge in [-0.15, -0.1) is 0 Å². The summed E-state index contributed by atoms with van der Waals surface area (Å²) in [6.07, 6.45) is -1.16. The first-order valence-corrected chi connectivity index (χ1v) is 9.02. The number of carboxylic acid groups (broad SMARTS) is 3. The minimum atomic E-state index is -1.52. The molecule has 0 fully saturated rings. The number of nitrogens with two attached hydrogens (primary N) is 3. The van der Waals surface area contributed by atoms with Crippen LogP contribution in [0.25, 0.3) is 0 Å². The summed E-state index contributed by atoms with van der Waals surface area (Å²) in [7, 11) is 0. The Morgan fingerprint density at radius 1 is 0.800 bits per heavy atom. The maximum atomic E-state index is 12.4. The molecule has 0 aliphatic heterocycles. The molecule has 0 aliphatic rings. The van der Waals surface area contributed by atoms with Crippen LogP contribution in [0.4, 0.5) is 0 Å². The van der Waals surface area contributed by atoms with Crippen LogP contribution in [0.15, 0.2) is 4.99 Å². The largest absolute Gasteiger partial charge is 0.481 e. The standard InChI is InChI=1S/C16H28N6O8/c17-8(2-1-7-20-16(18)19)13(27)21-9(3-5-11(23)24)14(28)22-10(15(29)30)4-6-12(25)26/h8-10H,1-7,17H2,(H,21,27)(H,22,28)(H,23,24)(H,25,26)(H,29,30)(H4,18,19,20). The molecule has 0 saturated carbocycles. The van der Waals surface area contributed by atoms with Crippen molar-refractivity contribution in [3.63, 3.8) is 0 Å². The topological polar surface area (TPSA) is 261 Å². The number of carbonyl (C=O) groups excluding carboxylic acids is 2. The maximum Gasteiger partial charge on any atom is 0.326 e. The molecule has 0 aromatic rings.